The molecular weight excluding hydrogens is 360 g/mol. The lowest BCUT2D eigenvalue weighted by atomic mass is 10.1. The Kier molecular flexibility index (Phi) is 5.73. The van der Waals surface area contributed by atoms with E-state index in [-0.39, 0.29) is 18.0 Å². The van der Waals surface area contributed by atoms with Gasteiger partial charge in [-0.05, 0) is 43.2 Å². The molecule has 0 saturated carbocycles. The van der Waals surface area contributed by atoms with Crippen molar-refractivity contribution in [3.05, 3.63) is 68.7 Å². The molecule has 0 fully saturated rings. The van der Waals surface area contributed by atoms with Crippen molar-refractivity contribution in [1.82, 2.24) is 5.32 Å². The summed E-state index contributed by atoms with van der Waals surface area (Å²) in [7, 11) is 0. The van der Waals surface area contributed by atoms with Crippen LogP contribution in [0.25, 0.3) is 0 Å². The summed E-state index contributed by atoms with van der Waals surface area (Å²) in [5.41, 5.74) is 1.06. The third-order valence-electron chi connectivity index (χ3n) is 3.23. The van der Waals surface area contributed by atoms with Gasteiger partial charge >= 0.3 is 0 Å². The smallest absolute Gasteiger partial charge is 0.129 e. The SMILES string of the molecule is CC(Cc1c(F)cccc1F)NCc1ccc(Br)cc1Cl. The molecule has 2 aromatic carbocycles. The van der Waals surface area contributed by atoms with Crippen molar-refractivity contribution < 1.29 is 8.78 Å². The Morgan fingerprint density at radius 3 is 2.48 bits per heavy atom. The van der Waals surface area contributed by atoms with Crippen molar-refractivity contribution in [2.45, 2.75) is 25.9 Å². The number of hydrogen-bond donors (Lipinski definition) is 1. The quantitative estimate of drug-likeness (QED) is 0.767. The molecule has 0 radical (unpaired) electrons. The third kappa shape index (κ3) is 4.50. The van der Waals surface area contributed by atoms with Crippen LogP contribution in [0.5, 0.6) is 0 Å². The van der Waals surface area contributed by atoms with Gasteiger partial charge in [-0.3, -0.25) is 0 Å². The average molecular weight is 375 g/mol. The maximum atomic E-state index is 13.6. The lowest BCUT2D eigenvalue weighted by Gasteiger charge is -2.15. The Morgan fingerprint density at radius 1 is 1.19 bits per heavy atom. The fourth-order valence-corrected chi connectivity index (χ4v) is 2.80. The fraction of sp³-hybridized carbons (Fsp3) is 0.250. The lowest BCUT2D eigenvalue weighted by Crippen LogP contribution is -2.28. The number of halogens is 4. The Labute approximate surface area is 136 Å². The highest BCUT2D eigenvalue weighted by atomic mass is 79.9. The maximum Gasteiger partial charge on any atom is 0.129 e. The fourth-order valence-electron chi connectivity index (χ4n) is 2.05. The van der Waals surface area contributed by atoms with Crippen molar-refractivity contribution in [1.29, 1.82) is 0 Å². The summed E-state index contributed by atoms with van der Waals surface area (Å²) >= 11 is 9.48. The highest BCUT2D eigenvalue weighted by molar-refractivity contribution is 9.10. The Morgan fingerprint density at radius 2 is 1.86 bits per heavy atom. The monoisotopic (exact) mass is 373 g/mol. The van der Waals surface area contributed by atoms with E-state index < -0.39 is 11.6 Å². The van der Waals surface area contributed by atoms with Crippen LogP contribution < -0.4 is 5.32 Å². The zero-order valence-electron chi connectivity index (χ0n) is 11.5. The van der Waals surface area contributed by atoms with Gasteiger partial charge in [0.05, 0.1) is 0 Å². The van der Waals surface area contributed by atoms with Gasteiger partial charge in [0.2, 0.25) is 0 Å². The molecule has 2 aromatic rings. The van der Waals surface area contributed by atoms with Crippen LogP contribution in [0, 0.1) is 11.6 Å². The summed E-state index contributed by atoms with van der Waals surface area (Å²) in [6.45, 7) is 2.43. The molecule has 0 aliphatic carbocycles. The van der Waals surface area contributed by atoms with E-state index in [1.807, 2.05) is 25.1 Å². The van der Waals surface area contributed by atoms with Gasteiger partial charge in [-0.15, -0.1) is 0 Å². The molecule has 21 heavy (non-hydrogen) atoms. The largest absolute Gasteiger partial charge is 0.310 e. The van der Waals surface area contributed by atoms with Crippen molar-refractivity contribution in [3.63, 3.8) is 0 Å². The van der Waals surface area contributed by atoms with Crippen LogP contribution in [-0.4, -0.2) is 6.04 Å². The van der Waals surface area contributed by atoms with Crippen LogP contribution in [0.2, 0.25) is 5.02 Å². The van der Waals surface area contributed by atoms with E-state index in [0.717, 1.165) is 10.0 Å². The molecule has 0 aromatic heterocycles. The minimum Gasteiger partial charge on any atom is -0.310 e. The number of benzene rings is 2. The van der Waals surface area contributed by atoms with E-state index in [1.165, 1.54) is 18.2 Å². The van der Waals surface area contributed by atoms with E-state index in [9.17, 15) is 8.78 Å². The van der Waals surface area contributed by atoms with Crippen LogP contribution in [0.1, 0.15) is 18.1 Å². The summed E-state index contributed by atoms with van der Waals surface area (Å²) in [5, 5.41) is 3.88. The van der Waals surface area contributed by atoms with Crippen LogP contribution in [0.15, 0.2) is 40.9 Å². The molecule has 1 unspecified atom stereocenters. The van der Waals surface area contributed by atoms with Crippen molar-refractivity contribution in [2.24, 2.45) is 0 Å². The van der Waals surface area contributed by atoms with Crippen LogP contribution in [0.3, 0.4) is 0 Å². The van der Waals surface area contributed by atoms with Gasteiger partial charge in [-0.25, -0.2) is 8.78 Å². The zero-order chi connectivity index (χ0) is 15.4. The van der Waals surface area contributed by atoms with E-state index in [0.29, 0.717) is 11.6 Å². The summed E-state index contributed by atoms with van der Waals surface area (Å²) in [6, 6.07) is 9.48. The van der Waals surface area contributed by atoms with Crippen molar-refractivity contribution in [3.8, 4) is 0 Å². The highest BCUT2D eigenvalue weighted by Crippen LogP contribution is 2.21. The predicted octanol–water partition coefficient (Wildman–Crippen LogP) is 5.10. The van der Waals surface area contributed by atoms with E-state index in [2.05, 4.69) is 21.2 Å². The van der Waals surface area contributed by atoms with E-state index >= 15 is 0 Å². The Bertz CT molecular complexity index is 613. The molecular formula is C16H15BrClF2N. The Balaban J connectivity index is 1.97. The van der Waals surface area contributed by atoms with Crippen LogP contribution in [-0.2, 0) is 13.0 Å². The molecule has 5 heteroatoms. The molecule has 0 spiro atoms. The van der Waals surface area contributed by atoms with Gasteiger partial charge in [0.1, 0.15) is 11.6 Å². The van der Waals surface area contributed by atoms with Gasteiger partial charge in [0, 0.05) is 27.6 Å². The molecule has 0 heterocycles. The molecule has 1 nitrogen and oxygen atoms in total. The second kappa shape index (κ2) is 7.34. The molecule has 1 N–H and O–H groups in total. The second-order valence-electron chi connectivity index (χ2n) is 4.92. The maximum absolute atomic E-state index is 13.6. The zero-order valence-corrected chi connectivity index (χ0v) is 13.8. The Hall–Kier alpha value is -0.970. The minimum absolute atomic E-state index is 0.0730. The summed E-state index contributed by atoms with van der Waals surface area (Å²) in [5.74, 6) is -1.02. The molecule has 1 atom stereocenters. The molecule has 2 rings (SSSR count). The standard InChI is InChI=1S/C16H15BrClF2N/c1-10(7-13-15(19)3-2-4-16(13)20)21-9-11-5-6-12(17)8-14(11)18/h2-6,8,10,21H,7,9H2,1H3. The summed E-state index contributed by atoms with van der Waals surface area (Å²) < 4.78 is 28.1. The van der Waals surface area contributed by atoms with E-state index in [4.69, 9.17) is 11.6 Å². The summed E-state index contributed by atoms with van der Waals surface area (Å²) in [4.78, 5) is 0. The minimum atomic E-state index is -0.509. The molecule has 0 bridgehead atoms. The molecule has 0 saturated heterocycles. The number of rotatable bonds is 5. The highest BCUT2D eigenvalue weighted by Gasteiger charge is 2.12. The van der Waals surface area contributed by atoms with Crippen molar-refractivity contribution >= 4 is 27.5 Å². The molecule has 0 aliphatic rings. The van der Waals surface area contributed by atoms with Crippen molar-refractivity contribution in [2.75, 3.05) is 0 Å². The second-order valence-corrected chi connectivity index (χ2v) is 6.24. The first kappa shape index (κ1) is 16.4. The van der Waals surface area contributed by atoms with Gasteiger partial charge in [0.15, 0.2) is 0 Å². The summed E-state index contributed by atoms with van der Waals surface area (Å²) in [6.07, 6.45) is 0.284. The van der Waals surface area contributed by atoms with Gasteiger partial charge in [0.25, 0.3) is 0 Å². The van der Waals surface area contributed by atoms with Gasteiger partial charge < -0.3 is 5.32 Å². The third-order valence-corrected chi connectivity index (χ3v) is 4.07. The van der Waals surface area contributed by atoms with Crippen LogP contribution in [0.4, 0.5) is 8.78 Å². The lowest BCUT2D eigenvalue weighted by molar-refractivity contribution is 0.499. The molecule has 112 valence electrons. The van der Waals surface area contributed by atoms with Crippen LogP contribution >= 0.6 is 27.5 Å². The van der Waals surface area contributed by atoms with Gasteiger partial charge in [-0.2, -0.15) is 0 Å². The first-order valence-corrected chi connectivity index (χ1v) is 7.74. The normalized spacial score (nSPS) is 12.4. The molecule has 0 aliphatic heterocycles. The number of nitrogens with one attached hydrogen (secondary N) is 1. The average Bonchev–Trinajstić information content (AvgIpc) is 2.42. The topological polar surface area (TPSA) is 12.0 Å². The first-order valence-electron chi connectivity index (χ1n) is 6.57. The molecule has 0 amide bonds. The predicted molar refractivity (Wildman–Crippen MR) is 85.5 cm³/mol. The number of hydrogen-bond acceptors (Lipinski definition) is 1. The van der Waals surface area contributed by atoms with Gasteiger partial charge in [-0.1, -0.05) is 39.7 Å². The first-order chi connectivity index (χ1) is 9.97. The van der Waals surface area contributed by atoms with E-state index in [1.54, 1.807) is 0 Å².